The molecule has 1 unspecified atom stereocenters. The molecule has 6 nitrogen and oxygen atoms in total. The van der Waals surface area contributed by atoms with Crippen LogP contribution >= 0.6 is 0 Å². The molecule has 0 radical (unpaired) electrons. The summed E-state index contributed by atoms with van der Waals surface area (Å²) in [5.41, 5.74) is 4.38. The van der Waals surface area contributed by atoms with Gasteiger partial charge in [-0.05, 0) is 24.0 Å². The van der Waals surface area contributed by atoms with Crippen LogP contribution in [0.3, 0.4) is 0 Å². The highest BCUT2D eigenvalue weighted by molar-refractivity contribution is 5.92. The highest BCUT2D eigenvalue weighted by Gasteiger charge is 2.22. The molecule has 1 aliphatic rings. The first-order chi connectivity index (χ1) is 9.78. The highest BCUT2D eigenvalue weighted by atomic mass is 16.5. The topological polar surface area (TPSA) is 87.1 Å². The summed E-state index contributed by atoms with van der Waals surface area (Å²) in [5, 5.41) is 11.8. The van der Waals surface area contributed by atoms with Crippen LogP contribution in [0.1, 0.15) is 33.9 Å². The summed E-state index contributed by atoms with van der Waals surface area (Å²) < 4.78 is 0. The van der Waals surface area contributed by atoms with Crippen LogP contribution in [0.25, 0.3) is 0 Å². The molecule has 1 aromatic heterocycles. The van der Waals surface area contributed by atoms with Crippen LogP contribution in [-0.2, 0) is 6.42 Å². The number of hydrogen-bond acceptors (Lipinski definition) is 5. The van der Waals surface area contributed by atoms with Gasteiger partial charge < -0.3 is 5.32 Å². The minimum atomic E-state index is -0.622. The Kier molecular flexibility index (Phi) is 3.30. The quantitative estimate of drug-likeness (QED) is 0.583. The number of carbonyl (C=O) groups is 1. The Hall–Kier alpha value is -2.47. The van der Waals surface area contributed by atoms with Gasteiger partial charge in [0.15, 0.2) is 0 Å². The Balaban J connectivity index is 1.75. The maximum atomic E-state index is 11.2. The number of fused-ring (bicyclic) bond motifs is 1. The number of carbonyl (C=O) groups excluding carboxylic acids is 1. The second kappa shape index (κ2) is 5.26. The monoisotopic (exact) mass is 270 g/mol. The van der Waals surface area contributed by atoms with Gasteiger partial charge in [0.05, 0.1) is 11.6 Å². The number of nitrogens with zero attached hydrogens (tertiary/aromatic N) is 2. The van der Waals surface area contributed by atoms with E-state index in [1.807, 2.05) is 12.1 Å². The predicted molar refractivity (Wildman–Crippen MR) is 72.4 cm³/mol. The molecule has 1 aromatic carbocycles. The van der Waals surface area contributed by atoms with E-state index in [4.69, 9.17) is 5.21 Å². The van der Waals surface area contributed by atoms with Crippen molar-refractivity contribution in [2.45, 2.75) is 18.9 Å². The van der Waals surface area contributed by atoms with Crippen LogP contribution in [0.15, 0.2) is 36.7 Å². The van der Waals surface area contributed by atoms with Crippen LogP contribution in [0, 0.1) is 0 Å². The van der Waals surface area contributed by atoms with E-state index < -0.39 is 5.91 Å². The van der Waals surface area contributed by atoms with Gasteiger partial charge in [0.2, 0.25) is 5.95 Å². The van der Waals surface area contributed by atoms with E-state index in [1.54, 1.807) is 5.48 Å². The molecule has 1 amide bonds. The van der Waals surface area contributed by atoms with E-state index in [1.165, 1.54) is 23.5 Å². The summed E-state index contributed by atoms with van der Waals surface area (Å²) in [6.07, 6.45) is 4.80. The normalized spacial score (nSPS) is 16.6. The number of hydroxylamine groups is 1. The highest BCUT2D eigenvalue weighted by Crippen LogP contribution is 2.32. The van der Waals surface area contributed by atoms with Crippen molar-refractivity contribution in [1.82, 2.24) is 15.4 Å². The number of aromatic nitrogens is 2. The molecule has 0 spiro atoms. The van der Waals surface area contributed by atoms with Crippen molar-refractivity contribution in [3.63, 3.8) is 0 Å². The van der Waals surface area contributed by atoms with E-state index in [9.17, 15) is 4.79 Å². The number of amides is 1. The lowest BCUT2D eigenvalue weighted by Crippen LogP contribution is -2.19. The van der Waals surface area contributed by atoms with Gasteiger partial charge >= 0.3 is 0 Å². The van der Waals surface area contributed by atoms with Crippen LogP contribution in [0.4, 0.5) is 5.95 Å². The van der Waals surface area contributed by atoms with Gasteiger partial charge in [-0.15, -0.1) is 0 Å². The van der Waals surface area contributed by atoms with Crippen LogP contribution in [0.2, 0.25) is 0 Å². The molecule has 6 heteroatoms. The van der Waals surface area contributed by atoms with Crippen molar-refractivity contribution < 1.29 is 10.0 Å². The molecule has 2 aromatic rings. The van der Waals surface area contributed by atoms with Gasteiger partial charge in [0, 0.05) is 12.4 Å². The smallest absolute Gasteiger partial charge is 0.277 e. The zero-order valence-corrected chi connectivity index (χ0v) is 10.7. The number of hydrogen-bond donors (Lipinski definition) is 3. The molecule has 0 saturated heterocycles. The summed E-state index contributed by atoms with van der Waals surface area (Å²) in [4.78, 5) is 19.4. The van der Waals surface area contributed by atoms with E-state index >= 15 is 0 Å². The fourth-order valence-electron chi connectivity index (χ4n) is 2.45. The van der Waals surface area contributed by atoms with Crippen LogP contribution in [-0.4, -0.2) is 21.1 Å². The molecule has 20 heavy (non-hydrogen) atoms. The second-order valence-corrected chi connectivity index (χ2v) is 4.67. The summed E-state index contributed by atoms with van der Waals surface area (Å²) in [5.74, 6) is -0.149. The number of aryl methyl sites for hydroxylation is 1. The SMILES string of the molecule is O=C(NO)c1cnc(NC2CCc3ccccc32)nc1. The average molecular weight is 270 g/mol. The Morgan fingerprint density at radius 1 is 1.25 bits per heavy atom. The first-order valence-corrected chi connectivity index (χ1v) is 6.39. The van der Waals surface area contributed by atoms with Crippen molar-refractivity contribution in [3.8, 4) is 0 Å². The first-order valence-electron chi connectivity index (χ1n) is 6.39. The van der Waals surface area contributed by atoms with Crippen LogP contribution < -0.4 is 10.8 Å². The standard InChI is InChI=1S/C14H14N4O2/c19-13(18-20)10-7-15-14(16-8-10)17-12-6-5-9-3-1-2-4-11(9)12/h1-4,7-8,12,20H,5-6H2,(H,18,19)(H,15,16,17). The van der Waals surface area contributed by atoms with Crippen molar-refractivity contribution >= 4 is 11.9 Å². The number of benzene rings is 1. The molecule has 1 heterocycles. The van der Waals surface area contributed by atoms with Gasteiger partial charge in [-0.1, -0.05) is 24.3 Å². The molecule has 1 atom stereocenters. The maximum absolute atomic E-state index is 11.2. The van der Waals surface area contributed by atoms with Crippen LogP contribution in [0.5, 0.6) is 0 Å². The Bertz CT molecular complexity index is 627. The molecule has 3 N–H and O–H groups in total. The molecular formula is C14H14N4O2. The maximum Gasteiger partial charge on any atom is 0.277 e. The van der Waals surface area contributed by atoms with E-state index in [-0.39, 0.29) is 11.6 Å². The first kappa shape index (κ1) is 12.6. The summed E-state index contributed by atoms with van der Waals surface area (Å²) in [6.45, 7) is 0. The van der Waals surface area contributed by atoms with Crippen molar-refractivity contribution in [2.24, 2.45) is 0 Å². The summed E-state index contributed by atoms with van der Waals surface area (Å²) in [7, 11) is 0. The molecule has 0 fully saturated rings. The average Bonchev–Trinajstić information content (AvgIpc) is 2.91. The fourth-order valence-corrected chi connectivity index (χ4v) is 2.45. The molecule has 102 valence electrons. The molecule has 1 aliphatic carbocycles. The Morgan fingerprint density at radius 3 is 2.75 bits per heavy atom. The molecule has 0 bridgehead atoms. The lowest BCUT2D eigenvalue weighted by molar-refractivity contribution is 0.0705. The van der Waals surface area contributed by atoms with Gasteiger partial charge in [0.25, 0.3) is 5.91 Å². The van der Waals surface area contributed by atoms with Gasteiger partial charge in [-0.3, -0.25) is 10.0 Å². The largest absolute Gasteiger partial charge is 0.347 e. The third-order valence-electron chi connectivity index (χ3n) is 3.45. The lowest BCUT2D eigenvalue weighted by Gasteiger charge is -2.13. The van der Waals surface area contributed by atoms with Gasteiger partial charge in [-0.25, -0.2) is 15.4 Å². The van der Waals surface area contributed by atoms with E-state index in [2.05, 4.69) is 27.4 Å². The molecular weight excluding hydrogens is 256 g/mol. The number of rotatable bonds is 3. The molecule has 0 aliphatic heterocycles. The van der Waals surface area contributed by atoms with E-state index in [0.29, 0.717) is 5.95 Å². The van der Waals surface area contributed by atoms with Crippen molar-refractivity contribution in [1.29, 1.82) is 0 Å². The zero-order valence-electron chi connectivity index (χ0n) is 10.7. The molecule has 0 saturated carbocycles. The van der Waals surface area contributed by atoms with Gasteiger partial charge in [-0.2, -0.15) is 0 Å². The summed E-state index contributed by atoms with van der Waals surface area (Å²) >= 11 is 0. The Labute approximate surface area is 115 Å². The number of anilines is 1. The van der Waals surface area contributed by atoms with Gasteiger partial charge in [0.1, 0.15) is 0 Å². The minimum Gasteiger partial charge on any atom is -0.347 e. The summed E-state index contributed by atoms with van der Waals surface area (Å²) in [6, 6.07) is 8.50. The lowest BCUT2D eigenvalue weighted by atomic mass is 10.1. The predicted octanol–water partition coefficient (Wildman–Crippen LogP) is 1.70. The molecule has 3 rings (SSSR count). The zero-order chi connectivity index (χ0) is 13.9. The second-order valence-electron chi connectivity index (χ2n) is 4.67. The third kappa shape index (κ3) is 2.33. The number of nitrogens with one attached hydrogen (secondary N) is 2. The van der Waals surface area contributed by atoms with Crippen molar-refractivity contribution in [2.75, 3.05) is 5.32 Å². The third-order valence-corrected chi connectivity index (χ3v) is 3.45. The minimum absolute atomic E-state index is 0.198. The Morgan fingerprint density at radius 2 is 2.00 bits per heavy atom. The van der Waals surface area contributed by atoms with Crippen molar-refractivity contribution in [3.05, 3.63) is 53.3 Å². The fraction of sp³-hybridized carbons (Fsp3) is 0.214. The van der Waals surface area contributed by atoms with E-state index in [0.717, 1.165) is 12.8 Å².